The van der Waals surface area contributed by atoms with E-state index in [2.05, 4.69) is 5.32 Å². The summed E-state index contributed by atoms with van der Waals surface area (Å²) in [4.78, 5) is 41.5. The molecule has 0 bridgehead atoms. The van der Waals surface area contributed by atoms with Crippen LogP contribution in [0.2, 0.25) is 0 Å². The van der Waals surface area contributed by atoms with Crippen LogP contribution in [0.25, 0.3) is 6.08 Å². The van der Waals surface area contributed by atoms with Gasteiger partial charge >= 0.3 is 0 Å². The lowest BCUT2D eigenvalue weighted by Gasteiger charge is -2.30. The first kappa shape index (κ1) is 21.8. The highest BCUT2D eigenvalue weighted by Gasteiger charge is 2.27. The quantitative estimate of drug-likeness (QED) is 0.732. The molecule has 0 spiro atoms. The number of likely N-dealkylation sites (tertiary alicyclic amines) is 2. The fraction of sp³-hybridized carbons (Fsp3) is 0.346. The van der Waals surface area contributed by atoms with Crippen molar-refractivity contribution in [2.75, 3.05) is 31.5 Å². The molecule has 0 aromatic heterocycles. The smallest absolute Gasteiger partial charge is 0.253 e. The van der Waals surface area contributed by atoms with Gasteiger partial charge in [-0.15, -0.1) is 0 Å². The molecule has 0 saturated carbocycles. The maximum atomic E-state index is 12.8. The summed E-state index contributed by atoms with van der Waals surface area (Å²) >= 11 is 0. The van der Waals surface area contributed by atoms with E-state index in [1.54, 1.807) is 29.2 Å². The second-order valence-electron chi connectivity index (χ2n) is 8.41. The van der Waals surface area contributed by atoms with Crippen LogP contribution >= 0.6 is 0 Å². The number of nitrogens with zero attached hydrogens (tertiary/aromatic N) is 2. The van der Waals surface area contributed by atoms with Gasteiger partial charge in [0.05, 0.1) is 0 Å². The van der Waals surface area contributed by atoms with Gasteiger partial charge in [0.2, 0.25) is 11.8 Å². The predicted octanol–water partition coefficient (Wildman–Crippen LogP) is 3.81. The Hall–Kier alpha value is -3.41. The monoisotopic (exact) mass is 431 g/mol. The fourth-order valence-corrected chi connectivity index (χ4v) is 4.28. The Morgan fingerprint density at radius 3 is 2.28 bits per heavy atom. The van der Waals surface area contributed by atoms with Gasteiger partial charge in [0.1, 0.15) is 0 Å². The molecule has 0 atom stereocenters. The average molecular weight is 432 g/mol. The highest BCUT2D eigenvalue weighted by atomic mass is 16.2. The van der Waals surface area contributed by atoms with E-state index < -0.39 is 0 Å². The molecule has 32 heavy (non-hydrogen) atoms. The van der Waals surface area contributed by atoms with Crippen LogP contribution in [0.4, 0.5) is 5.69 Å². The summed E-state index contributed by atoms with van der Waals surface area (Å²) in [7, 11) is 0. The number of rotatable bonds is 5. The standard InChI is InChI=1S/C26H29N3O3/c30-24(12-11-20-7-2-1-3-8-20)28-17-13-21(14-18-28)25(31)27-23-10-6-9-22(19-23)26(32)29-15-4-5-16-29/h1-3,6-12,19,21H,4-5,13-18H2,(H,27,31)/b12-11+. The third kappa shape index (κ3) is 5.44. The van der Waals surface area contributed by atoms with Crippen LogP contribution in [0.3, 0.4) is 0 Å². The van der Waals surface area contributed by atoms with Gasteiger partial charge in [-0.3, -0.25) is 14.4 Å². The molecule has 2 aliphatic rings. The largest absolute Gasteiger partial charge is 0.339 e. The van der Waals surface area contributed by atoms with Crippen LogP contribution in [-0.2, 0) is 9.59 Å². The number of carbonyl (C=O) groups excluding carboxylic acids is 3. The van der Waals surface area contributed by atoms with Crippen molar-refractivity contribution >= 4 is 29.5 Å². The van der Waals surface area contributed by atoms with Gasteiger partial charge in [-0.05, 0) is 55.5 Å². The molecular formula is C26H29N3O3. The molecule has 6 heteroatoms. The summed E-state index contributed by atoms with van der Waals surface area (Å²) in [5, 5.41) is 2.96. The van der Waals surface area contributed by atoms with Crippen LogP contribution in [0.1, 0.15) is 41.6 Å². The number of benzene rings is 2. The summed E-state index contributed by atoms with van der Waals surface area (Å²) in [5.74, 6) is -0.201. The molecule has 0 unspecified atom stereocenters. The molecule has 3 amide bonds. The highest BCUT2D eigenvalue weighted by Crippen LogP contribution is 2.21. The van der Waals surface area contributed by atoms with Crippen molar-refractivity contribution in [2.45, 2.75) is 25.7 Å². The van der Waals surface area contributed by atoms with E-state index in [1.807, 2.05) is 47.4 Å². The molecular weight excluding hydrogens is 402 g/mol. The van der Waals surface area contributed by atoms with Gasteiger partial charge in [0.15, 0.2) is 0 Å². The summed E-state index contributed by atoms with van der Waals surface area (Å²) in [6.07, 6.45) is 6.76. The maximum Gasteiger partial charge on any atom is 0.253 e. The number of nitrogens with one attached hydrogen (secondary N) is 1. The first-order chi connectivity index (χ1) is 15.6. The van der Waals surface area contributed by atoms with Crippen LogP contribution in [0, 0.1) is 5.92 Å². The Labute approximate surface area is 188 Å². The second-order valence-corrected chi connectivity index (χ2v) is 8.41. The molecule has 0 aliphatic carbocycles. The number of piperidine rings is 1. The lowest BCUT2D eigenvalue weighted by Crippen LogP contribution is -2.40. The van der Waals surface area contributed by atoms with Crippen molar-refractivity contribution in [2.24, 2.45) is 5.92 Å². The molecule has 2 aromatic carbocycles. The lowest BCUT2D eigenvalue weighted by molar-refractivity contribution is -0.130. The minimum Gasteiger partial charge on any atom is -0.339 e. The third-order valence-corrected chi connectivity index (χ3v) is 6.17. The fourth-order valence-electron chi connectivity index (χ4n) is 4.28. The Bertz CT molecular complexity index is 988. The lowest BCUT2D eigenvalue weighted by atomic mass is 9.95. The van der Waals surface area contributed by atoms with Crippen molar-refractivity contribution < 1.29 is 14.4 Å². The van der Waals surface area contributed by atoms with E-state index in [9.17, 15) is 14.4 Å². The van der Waals surface area contributed by atoms with Crippen molar-refractivity contribution in [3.63, 3.8) is 0 Å². The van der Waals surface area contributed by atoms with Gasteiger partial charge in [-0.1, -0.05) is 36.4 Å². The Balaban J connectivity index is 1.28. The molecule has 2 saturated heterocycles. The molecule has 2 aliphatic heterocycles. The number of hydrogen-bond acceptors (Lipinski definition) is 3. The maximum absolute atomic E-state index is 12.8. The third-order valence-electron chi connectivity index (χ3n) is 6.17. The number of hydrogen-bond donors (Lipinski definition) is 1. The van der Waals surface area contributed by atoms with Gasteiger partial charge in [-0.25, -0.2) is 0 Å². The van der Waals surface area contributed by atoms with Crippen molar-refractivity contribution in [3.05, 3.63) is 71.8 Å². The zero-order valence-corrected chi connectivity index (χ0v) is 18.2. The average Bonchev–Trinajstić information content (AvgIpc) is 3.38. The van der Waals surface area contributed by atoms with Crippen molar-refractivity contribution in [1.29, 1.82) is 0 Å². The minimum absolute atomic E-state index is 0.0222. The Morgan fingerprint density at radius 2 is 1.56 bits per heavy atom. The van der Waals surface area contributed by atoms with E-state index in [0.717, 1.165) is 31.5 Å². The molecule has 166 valence electrons. The molecule has 6 nitrogen and oxygen atoms in total. The minimum atomic E-state index is -0.143. The predicted molar refractivity (Wildman–Crippen MR) is 125 cm³/mol. The number of amides is 3. The topological polar surface area (TPSA) is 69.7 Å². The zero-order chi connectivity index (χ0) is 22.3. The summed E-state index contributed by atoms with van der Waals surface area (Å²) in [6.45, 7) is 2.72. The van der Waals surface area contributed by atoms with Crippen LogP contribution in [0.15, 0.2) is 60.7 Å². The molecule has 2 aromatic rings. The molecule has 2 heterocycles. The van der Waals surface area contributed by atoms with Crippen LogP contribution in [-0.4, -0.2) is 53.7 Å². The van der Waals surface area contributed by atoms with Crippen molar-refractivity contribution in [1.82, 2.24) is 9.80 Å². The normalized spacial score (nSPS) is 17.0. The first-order valence-electron chi connectivity index (χ1n) is 11.3. The van der Waals surface area contributed by atoms with Crippen LogP contribution in [0.5, 0.6) is 0 Å². The zero-order valence-electron chi connectivity index (χ0n) is 18.2. The summed E-state index contributed by atoms with van der Waals surface area (Å²) in [6, 6.07) is 16.9. The van der Waals surface area contributed by atoms with E-state index in [1.165, 1.54) is 0 Å². The Morgan fingerprint density at radius 1 is 0.844 bits per heavy atom. The van der Waals surface area contributed by atoms with E-state index >= 15 is 0 Å². The first-order valence-corrected chi connectivity index (χ1v) is 11.3. The number of carbonyl (C=O) groups is 3. The molecule has 1 N–H and O–H groups in total. The van der Waals surface area contributed by atoms with E-state index in [0.29, 0.717) is 37.2 Å². The van der Waals surface area contributed by atoms with E-state index in [4.69, 9.17) is 0 Å². The molecule has 2 fully saturated rings. The van der Waals surface area contributed by atoms with Crippen molar-refractivity contribution in [3.8, 4) is 0 Å². The number of anilines is 1. The highest BCUT2D eigenvalue weighted by molar-refractivity contribution is 5.98. The molecule has 0 radical (unpaired) electrons. The SMILES string of the molecule is O=C(Nc1cccc(C(=O)N2CCCC2)c1)C1CCN(C(=O)/C=C/c2ccccc2)CC1. The molecule has 4 rings (SSSR count). The van der Waals surface area contributed by atoms with E-state index in [-0.39, 0.29) is 23.6 Å². The summed E-state index contributed by atoms with van der Waals surface area (Å²) < 4.78 is 0. The summed E-state index contributed by atoms with van der Waals surface area (Å²) in [5.41, 5.74) is 2.24. The van der Waals surface area contributed by atoms with Gasteiger partial charge in [0.25, 0.3) is 5.91 Å². The second kappa shape index (κ2) is 10.3. The van der Waals surface area contributed by atoms with Gasteiger partial charge < -0.3 is 15.1 Å². The van der Waals surface area contributed by atoms with Crippen LogP contribution < -0.4 is 5.32 Å². The van der Waals surface area contributed by atoms with Gasteiger partial charge in [-0.2, -0.15) is 0 Å². The Kier molecular flexibility index (Phi) is 7.00. The van der Waals surface area contributed by atoms with Gasteiger partial charge in [0, 0.05) is 49.4 Å².